The first-order chi connectivity index (χ1) is 7.59. The van der Waals surface area contributed by atoms with E-state index in [1.807, 2.05) is 6.07 Å². The largest absolute Gasteiger partial charge is 0.465 e. The molecule has 1 aromatic carbocycles. The maximum Gasteiger partial charge on any atom is 0.404 e. The molecular formula is C11H14N2O3. The van der Waals surface area contributed by atoms with Gasteiger partial charge in [-0.3, -0.25) is 4.79 Å². The fraction of sp³-hybridized carbons (Fsp3) is 0.273. The number of nitrogens with one attached hydrogen (secondary N) is 2. The van der Waals surface area contributed by atoms with E-state index in [-0.39, 0.29) is 18.5 Å². The van der Waals surface area contributed by atoms with Crippen LogP contribution in [0.4, 0.5) is 4.79 Å². The molecule has 1 rings (SSSR count). The lowest BCUT2D eigenvalue weighted by Crippen LogP contribution is -2.41. The van der Waals surface area contributed by atoms with Gasteiger partial charge in [0.15, 0.2) is 0 Å². The molecule has 0 spiro atoms. The van der Waals surface area contributed by atoms with Crippen LogP contribution in [0.25, 0.3) is 0 Å². The first-order valence-electron chi connectivity index (χ1n) is 4.92. The molecule has 5 heteroatoms. The van der Waals surface area contributed by atoms with E-state index in [1.54, 1.807) is 31.2 Å². The highest BCUT2D eigenvalue weighted by Crippen LogP contribution is 1.98. The van der Waals surface area contributed by atoms with Crippen LogP contribution in [0.2, 0.25) is 0 Å². The summed E-state index contributed by atoms with van der Waals surface area (Å²) in [7, 11) is 0. The van der Waals surface area contributed by atoms with Crippen LogP contribution in [0.5, 0.6) is 0 Å². The van der Waals surface area contributed by atoms with Crippen LogP contribution in [-0.2, 0) is 0 Å². The number of carbonyl (C=O) groups is 2. The third-order valence-corrected chi connectivity index (χ3v) is 1.97. The number of hydrogen-bond donors (Lipinski definition) is 3. The standard InChI is InChI=1S/C11H14N2O3/c1-8(7-12-11(15)16)13-10(14)9-5-3-2-4-6-9/h2-6,8,12H,7H2,1H3,(H,13,14)(H,15,16)/t8-/m1/s1. The summed E-state index contributed by atoms with van der Waals surface area (Å²) in [5.41, 5.74) is 0.560. The minimum atomic E-state index is -1.10. The second-order valence-electron chi connectivity index (χ2n) is 3.43. The molecule has 0 aliphatic carbocycles. The quantitative estimate of drug-likeness (QED) is 0.713. The zero-order chi connectivity index (χ0) is 12.0. The van der Waals surface area contributed by atoms with Crippen molar-refractivity contribution in [3.63, 3.8) is 0 Å². The average Bonchev–Trinajstić information content (AvgIpc) is 2.27. The molecule has 1 aromatic rings. The molecule has 3 N–H and O–H groups in total. The van der Waals surface area contributed by atoms with Crippen molar-refractivity contribution < 1.29 is 14.7 Å². The van der Waals surface area contributed by atoms with Crippen LogP contribution in [0.15, 0.2) is 30.3 Å². The summed E-state index contributed by atoms with van der Waals surface area (Å²) in [4.78, 5) is 21.8. The molecule has 1 atom stereocenters. The SMILES string of the molecule is C[C@H](CNC(=O)O)NC(=O)c1ccccc1. The molecule has 2 amide bonds. The van der Waals surface area contributed by atoms with E-state index in [1.165, 1.54) is 0 Å². The molecule has 0 heterocycles. The van der Waals surface area contributed by atoms with E-state index in [4.69, 9.17) is 5.11 Å². The average molecular weight is 222 g/mol. The van der Waals surface area contributed by atoms with Crippen molar-refractivity contribution in [3.05, 3.63) is 35.9 Å². The molecule has 86 valence electrons. The molecule has 0 unspecified atom stereocenters. The van der Waals surface area contributed by atoms with Crippen molar-refractivity contribution in [2.24, 2.45) is 0 Å². The molecule has 0 radical (unpaired) electrons. The minimum absolute atomic E-state index is 0.188. The number of hydrogen-bond acceptors (Lipinski definition) is 2. The fourth-order valence-electron chi connectivity index (χ4n) is 1.19. The Kier molecular flexibility index (Phi) is 4.32. The monoisotopic (exact) mass is 222 g/mol. The van der Waals surface area contributed by atoms with Gasteiger partial charge in [-0.05, 0) is 19.1 Å². The molecule has 0 aliphatic heterocycles. The number of carboxylic acid groups (broad SMARTS) is 1. The van der Waals surface area contributed by atoms with Crippen LogP contribution in [0, 0.1) is 0 Å². The number of rotatable bonds is 4. The Morgan fingerprint density at radius 2 is 1.94 bits per heavy atom. The molecular weight excluding hydrogens is 208 g/mol. The maximum absolute atomic E-state index is 11.6. The third kappa shape index (κ3) is 4.00. The van der Waals surface area contributed by atoms with E-state index < -0.39 is 6.09 Å². The highest BCUT2D eigenvalue weighted by atomic mass is 16.4. The molecule has 0 saturated heterocycles. The van der Waals surface area contributed by atoms with Crippen molar-refractivity contribution in [1.82, 2.24) is 10.6 Å². The lowest BCUT2D eigenvalue weighted by molar-refractivity contribution is 0.0938. The van der Waals surface area contributed by atoms with Crippen molar-refractivity contribution in [1.29, 1.82) is 0 Å². The van der Waals surface area contributed by atoms with E-state index in [9.17, 15) is 9.59 Å². The smallest absolute Gasteiger partial charge is 0.404 e. The zero-order valence-corrected chi connectivity index (χ0v) is 8.93. The minimum Gasteiger partial charge on any atom is -0.465 e. The van der Waals surface area contributed by atoms with Gasteiger partial charge in [0.1, 0.15) is 0 Å². The fourth-order valence-corrected chi connectivity index (χ4v) is 1.19. The van der Waals surface area contributed by atoms with Crippen LogP contribution in [0.3, 0.4) is 0 Å². The Bertz CT molecular complexity index is 365. The van der Waals surface area contributed by atoms with Crippen LogP contribution in [-0.4, -0.2) is 29.7 Å². The summed E-state index contributed by atoms with van der Waals surface area (Å²) in [5.74, 6) is -0.208. The summed E-state index contributed by atoms with van der Waals surface area (Å²) in [6.07, 6.45) is -1.10. The lowest BCUT2D eigenvalue weighted by Gasteiger charge is -2.13. The van der Waals surface area contributed by atoms with Gasteiger partial charge in [0.2, 0.25) is 0 Å². The van der Waals surface area contributed by atoms with E-state index >= 15 is 0 Å². The van der Waals surface area contributed by atoms with Crippen LogP contribution >= 0.6 is 0 Å². The summed E-state index contributed by atoms with van der Waals surface area (Å²) < 4.78 is 0. The van der Waals surface area contributed by atoms with Gasteiger partial charge in [0.05, 0.1) is 0 Å². The normalized spacial score (nSPS) is 11.6. The van der Waals surface area contributed by atoms with Crippen LogP contribution < -0.4 is 10.6 Å². The topological polar surface area (TPSA) is 78.4 Å². The summed E-state index contributed by atoms with van der Waals surface area (Å²) in [5, 5.41) is 13.3. The van der Waals surface area contributed by atoms with Crippen molar-refractivity contribution in [3.8, 4) is 0 Å². The Morgan fingerprint density at radius 3 is 2.50 bits per heavy atom. The summed E-state index contributed by atoms with van der Waals surface area (Å²) in [6.45, 7) is 1.92. The van der Waals surface area contributed by atoms with E-state index in [0.717, 1.165) is 0 Å². The third-order valence-electron chi connectivity index (χ3n) is 1.97. The second-order valence-corrected chi connectivity index (χ2v) is 3.43. The molecule has 16 heavy (non-hydrogen) atoms. The molecule has 0 aromatic heterocycles. The highest BCUT2D eigenvalue weighted by Gasteiger charge is 2.09. The van der Waals surface area contributed by atoms with Gasteiger partial charge in [0, 0.05) is 18.2 Å². The van der Waals surface area contributed by atoms with Gasteiger partial charge in [0.25, 0.3) is 5.91 Å². The Morgan fingerprint density at radius 1 is 1.31 bits per heavy atom. The van der Waals surface area contributed by atoms with Gasteiger partial charge in [-0.25, -0.2) is 4.79 Å². The maximum atomic E-state index is 11.6. The highest BCUT2D eigenvalue weighted by molar-refractivity contribution is 5.94. The predicted molar refractivity (Wildman–Crippen MR) is 59.4 cm³/mol. The van der Waals surface area contributed by atoms with Crippen LogP contribution in [0.1, 0.15) is 17.3 Å². The molecule has 0 bridgehead atoms. The number of carbonyl (C=O) groups excluding carboxylic acids is 1. The van der Waals surface area contributed by atoms with E-state index in [0.29, 0.717) is 5.56 Å². The van der Waals surface area contributed by atoms with Crippen molar-refractivity contribution in [2.75, 3.05) is 6.54 Å². The van der Waals surface area contributed by atoms with Gasteiger partial charge < -0.3 is 15.7 Å². The first kappa shape index (κ1) is 12.0. The number of benzene rings is 1. The second kappa shape index (κ2) is 5.75. The molecule has 0 fully saturated rings. The van der Waals surface area contributed by atoms with E-state index in [2.05, 4.69) is 10.6 Å². The Balaban J connectivity index is 2.43. The Hall–Kier alpha value is -2.04. The molecule has 5 nitrogen and oxygen atoms in total. The lowest BCUT2D eigenvalue weighted by atomic mass is 10.2. The summed E-state index contributed by atoms with van der Waals surface area (Å²) in [6, 6.07) is 8.53. The Labute approximate surface area is 93.5 Å². The van der Waals surface area contributed by atoms with Gasteiger partial charge in [-0.1, -0.05) is 18.2 Å². The molecule has 0 aliphatic rings. The number of amides is 2. The van der Waals surface area contributed by atoms with Crippen molar-refractivity contribution >= 4 is 12.0 Å². The van der Waals surface area contributed by atoms with Gasteiger partial charge in [-0.15, -0.1) is 0 Å². The zero-order valence-electron chi connectivity index (χ0n) is 8.93. The first-order valence-corrected chi connectivity index (χ1v) is 4.92. The van der Waals surface area contributed by atoms with Crippen molar-refractivity contribution in [2.45, 2.75) is 13.0 Å². The summed E-state index contributed by atoms with van der Waals surface area (Å²) >= 11 is 0. The van der Waals surface area contributed by atoms with Gasteiger partial charge >= 0.3 is 6.09 Å². The van der Waals surface area contributed by atoms with Gasteiger partial charge in [-0.2, -0.15) is 0 Å². The molecule has 0 saturated carbocycles. The predicted octanol–water partition coefficient (Wildman–Crippen LogP) is 1.07.